The lowest BCUT2D eigenvalue weighted by molar-refractivity contribution is 0.124. The van der Waals surface area contributed by atoms with E-state index < -0.39 is 0 Å². The monoisotopic (exact) mass is 274 g/mol. The van der Waals surface area contributed by atoms with Gasteiger partial charge in [-0.25, -0.2) is 0 Å². The van der Waals surface area contributed by atoms with Gasteiger partial charge in [-0.1, -0.05) is 44.2 Å². The highest BCUT2D eigenvalue weighted by Gasteiger charge is 2.22. The van der Waals surface area contributed by atoms with Crippen molar-refractivity contribution in [3.63, 3.8) is 0 Å². The summed E-state index contributed by atoms with van der Waals surface area (Å²) in [7, 11) is 1.69. The molecule has 1 aromatic carbocycles. The first-order chi connectivity index (χ1) is 9.67. The molecule has 2 N–H and O–H groups in total. The molecular formula is C15H22N4O. The van der Waals surface area contributed by atoms with E-state index in [0.717, 1.165) is 23.8 Å². The Hall–Kier alpha value is -1.72. The Morgan fingerprint density at radius 3 is 2.45 bits per heavy atom. The zero-order valence-corrected chi connectivity index (χ0v) is 12.3. The van der Waals surface area contributed by atoms with E-state index in [1.807, 2.05) is 30.3 Å². The van der Waals surface area contributed by atoms with Crippen molar-refractivity contribution in [1.82, 2.24) is 14.8 Å². The van der Waals surface area contributed by atoms with Crippen molar-refractivity contribution in [3.05, 3.63) is 47.5 Å². The minimum absolute atomic E-state index is 0.220. The van der Waals surface area contributed by atoms with Gasteiger partial charge in [0.2, 0.25) is 0 Å². The number of benzene rings is 1. The van der Waals surface area contributed by atoms with E-state index in [-0.39, 0.29) is 6.10 Å². The predicted octanol–water partition coefficient (Wildman–Crippen LogP) is 2.13. The first kappa shape index (κ1) is 14.7. The van der Waals surface area contributed by atoms with E-state index in [0.29, 0.717) is 12.5 Å². The number of nitrogens with zero attached hydrogens (tertiary/aromatic N) is 3. The average molecular weight is 274 g/mol. The minimum atomic E-state index is -0.220. The Morgan fingerprint density at radius 1 is 1.20 bits per heavy atom. The summed E-state index contributed by atoms with van der Waals surface area (Å²) in [5.74, 6) is 2.10. The van der Waals surface area contributed by atoms with Gasteiger partial charge in [0.05, 0.1) is 6.54 Å². The summed E-state index contributed by atoms with van der Waals surface area (Å²) in [5.41, 5.74) is 6.82. The Labute approximate surface area is 119 Å². The molecule has 2 aromatic rings. The molecule has 0 radical (unpaired) electrons. The quantitative estimate of drug-likeness (QED) is 0.876. The van der Waals surface area contributed by atoms with Crippen LogP contribution in [0.4, 0.5) is 0 Å². The average Bonchev–Trinajstić information content (AvgIpc) is 2.83. The summed E-state index contributed by atoms with van der Waals surface area (Å²) >= 11 is 0. The normalized spacial score (nSPS) is 12.8. The van der Waals surface area contributed by atoms with Crippen LogP contribution in [0.15, 0.2) is 30.3 Å². The number of aromatic nitrogens is 3. The molecule has 0 bridgehead atoms. The third-order valence-electron chi connectivity index (χ3n) is 3.16. The highest BCUT2D eigenvalue weighted by Crippen LogP contribution is 2.25. The van der Waals surface area contributed by atoms with Crippen LogP contribution in [0.3, 0.4) is 0 Å². The van der Waals surface area contributed by atoms with Crippen LogP contribution < -0.4 is 5.73 Å². The van der Waals surface area contributed by atoms with Crippen molar-refractivity contribution in [1.29, 1.82) is 0 Å². The second-order valence-electron chi connectivity index (χ2n) is 5.21. The molecule has 20 heavy (non-hydrogen) atoms. The summed E-state index contributed by atoms with van der Waals surface area (Å²) in [4.78, 5) is 0. The highest BCUT2D eigenvalue weighted by molar-refractivity contribution is 5.23. The van der Waals surface area contributed by atoms with Crippen LogP contribution >= 0.6 is 0 Å². The van der Waals surface area contributed by atoms with Gasteiger partial charge in [-0.2, -0.15) is 0 Å². The van der Waals surface area contributed by atoms with Crippen LogP contribution in [0.5, 0.6) is 0 Å². The second kappa shape index (κ2) is 6.63. The number of hydrogen-bond acceptors (Lipinski definition) is 4. The third-order valence-corrected chi connectivity index (χ3v) is 3.16. The van der Waals surface area contributed by atoms with Gasteiger partial charge in [-0.3, -0.25) is 0 Å². The van der Waals surface area contributed by atoms with Crippen molar-refractivity contribution in [2.75, 3.05) is 7.11 Å². The lowest BCUT2D eigenvalue weighted by atomic mass is 10.1. The SMILES string of the molecule is COC(c1ccccc1)c1nnc(CN)n1CC(C)C. The van der Waals surface area contributed by atoms with Crippen LogP contribution in [0.2, 0.25) is 0 Å². The first-order valence-electron chi connectivity index (χ1n) is 6.87. The van der Waals surface area contributed by atoms with Crippen LogP contribution in [-0.2, 0) is 17.8 Å². The van der Waals surface area contributed by atoms with Gasteiger partial charge in [-0.05, 0) is 11.5 Å². The number of methoxy groups -OCH3 is 1. The van der Waals surface area contributed by atoms with E-state index in [4.69, 9.17) is 10.5 Å². The summed E-state index contributed by atoms with van der Waals surface area (Å²) in [5, 5.41) is 8.49. The Morgan fingerprint density at radius 2 is 1.90 bits per heavy atom. The van der Waals surface area contributed by atoms with Crippen molar-refractivity contribution in [3.8, 4) is 0 Å². The zero-order chi connectivity index (χ0) is 14.5. The number of hydrogen-bond donors (Lipinski definition) is 1. The molecule has 0 amide bonds. The standard InChI is InChI=1S/C15H22N4O/c1-11(2)10-19-13(9-16)17-18-15(19)14(20-3)12-7-5-4-6-8-12/h4-8,11,14H,9-10,16H2,1-3H3. The fraction of sp³-hybridized carbons (Fsp3) is 0.467. The minimum Gasteiger partial charge on any atom is -0.369 e. The largest absolute Gasteiger partial charge is 0.369 e. The molecule has 2 rings (SSSR count). The Bertz CT molecular complexity index is 536. The summed E-state index contributed by atoms with van der Waals surface area (Å²) < 4.78 is 7.71. The molecule has 0 aliphatic heterocycles. The van der Waals surface area contributed by atoms with Crippen molar-refractivity contribution >= 4 is 0 Å². The summed E-state index contributed by atoms with van der Waals surface area (Å²) in [6.45, 7) is 5.54. The third kappa shape index (κ3) is 3.05. The maximum absolute atomic E-state index is 5.76. The fourth-order valence-corrected chi connectivity index (χ4v) is 2.28. The van der Waals surface area contributed by atoms with E-state index in [1.54, 1.807) is 7.11 Å². The molecule has 1 atom stereocenters. The van der Waals surface area contributed by atoms with E-state index in [9.17, 15) is 0 Å². The molecule has 1 unspecified atom stereocenters. The van der Waals surface area contributed by atoms with Crippen molar-refractivity contribution in [2.24, 2.45) is 11.7 Å². The Kier molecular flexibility index (Phi) is 4.87. The topological polar surface area (TPSA) is 66.0 Å². The molecule has 0 aliphatic rings. The molecule has 0 fully saturated rings. The molecule has 0 saturated heterocycles. The van der Waals surface area contributed by atoms with Gasteiger partial charge in [0, 0.05) is 13.7 Å². The van der Waals surface area contributed by atoms with Crippen LogP contribution in [0, 0.1) is 5.92 Å². The summed E-state index contributed by atoms with van der Waals surface area (Å²) in [6.07, 6.45) is -0.220. The van der Waals surface area contributed by atoms with E-state index in [1.165, 1.54) is 0 Å². The molecule has 0 saturated carbocycles. The number of ether oxygens (including phenoxy) is 1. The fourth-order valence-electron chi connectivity index (χ4n) is 2.28. The molecule has 0 spiro atoms. The lowest BCUT2D eigenvalue weighted by Crippen LogP contribution is -2.18. The van der Waals surface area contributed by atoms with Crippen LogP contribution in [-0.4, -0.2) is 21.9 Å². The smallest absolute Gasteiger partial charge is 0.166 e. The van der Waals surface area contributed by atoms with Crippen LogP contribution in [0.25, 0.3) is 0 Å². The molecule has 0 aliphatic carbocycles. The van der Waals surface area contributed by atoms with Crippen molar-refractivity contribution < 1.29 is 4.74 Å². The zero-order valence-electron chi connectivity index (χ0n) is 12.3. The number of nitrogens with two attached hydrogens (primary N) is 1. The maximum Gasteiger partial charge on any atom is 0.166 e. The molecular weight excluding hydrogens is 252 g/mol. The molecule has 1 aromatic heterocycles. The van der Waals surface area contributed by atoms with Gasteiger partial charge < -0.3 is 15.0 Å². The van der Waals surface area contributed by atoms with Gasteiger partial charge in [0.1, 0.15) is 11.9 Å². The molecule has 1 heterocycles. The van der Waals surface area contributed by atoms with E-state index in [2.05, 4.69) is 28.6 Å². The Balaban J connectivity index is 2.42. The van der Waals surface area contributed by atoms with E-state index >= 15 is 0 Å². The number of rotatable bonds is 6. The van der Waals surface area contributed by atoms with Gasteiger partial charge in [0.25, 0.3) is 0 Å². The molecule has 5 nitrogen and oxygen atoms in total. The first-order valence-corrected chi connectivity index (χ1v) is 6.87. The molecule has 108 valence electrons. The van der Waals surface area contributed by atoms with Crippen LogP contribution in [0.1, 0.15) is 37.2 Å². The van der Waals surface area contributed by atoms with Gasteiger partial charge >= 0.3 is 0 Å². The lowest BCUT2D eigenvalue weighted by Gasteiger charge is -2.18. The van der Waals surface area contributed by atoms with Crippen molar-refractivity contribution in [2.45, 2.75) is 33.0 Å². The van der Waals surface area contributed by atoms with Gasteiger partial charge in [-0.15, -0.1) is 10.2 Å². The molecule has 5 heteroatoms. The van der Waals surface area contributed by atoms with Gasteiger partial charge in [0.15, 0.2) is 5.82 Å². The maximum atomic E-state index is 5.76. The second-order valence-corrected chi connectivity index (χ2v) is 5.21. The predicted molar refractivity (Wildman–Crippen MR) is 78.0 cm³/mol. The highest BCUT2D eigenvalue weighted by atomic mass is 16.5. The summed E-state index contributed by atoms with van der Waals surface area (Å²) in [6, 6.07) is 10.0.